The second-order valence-corrected chi connectivity index (χ2v) is 9.25. The average molecular weight is 425 g/mol. The fourth-order valence-electron chi connectivity index (χ4n) is 4.82. The normalized spacial score (nSPS) is 17.8. The summed E-state index contributed by atoms with van der Waals surface area (Å²) in [4.78, 5) is 0. The highest BCUT2D eigenvalue weighted by Crippen LogP contribution is 2.33. The van der Waals surface area contributed by atoms with E-state index in [9.17, 15) is 5.11 Å². The summed E-state index contributed by atoms with van der Waals surface area (Å²) in [6, 6.07) is 16.1. The molecule has 0 aromatic heterocycles. The molecule has 170 valence electrons. The average Bonchev–Trinajstić information content (AvgIpc) is 2.79. The van der Waals surface area contributed by atoms with Crippen molar-refractivity contribution in [2.45, 2.75) is 90.3 Å². The van der Waals surface area contributed by atoms with Gasteiger partial charge in [0.1, 0.15) is 11.5 Å². The van der Waals surface area contributed by atoms with E-state index in [1.807, 2.05) is 19.1 Å². The van der Waals surface area contributed by atoms with Gasteiger partial charge in [0.05, 0.1) is 6.61 Å². The summed E-state index contributed by atoms with van der Waals surface area (Å²) < 4.78 is 11.9. The maximum Gasteiger partial charge on any atom is 0.196 e. The molecular formula is C28H40O3. The first kappa shape index (κ1) is 23.7. The lowest BCUT2D eigenvalue weighted by atomic mass is 9.84. The molecule has 0 saturated heterocycles. The van der Waals surface area contributed by atoms with Crippen LogP contribution in [0.4, 0.5) is 0 Å². The molecule has 1 saturated carbocycles. The highest BCUT2D eigenvalue weighted by atomic mass is 16.7. The van der Waals surface area contributed by atoms with Crippen LogP contribution >= 0.6 is 0 Å². The molecule has 2 aromatic carbocycles. The Morgan fingerprint density at radius 2 is 1.55 bits per heavy atom. The summed E-state index contributed by atoms with van der Waals surface area (Å²) in [5.41, 5.74) is 2.63. The van der Waals surface area contributed by atoms with Crippen LogP contribution in [0.3, 0.4) is 0 Å². The Hall–Kier alpha value is -2.00. The van der Waals surface area contributed by atoms with Crippen LogP contribution < -0.4 is 4.74 Å². The maximum atomic E-state index is 9.55. The van der Waals surface area contributed by atoms with Crippen molar-refractivity contribution < 1.29 is 14.6 Å². The molecule has 0 aliphatic heterocycles. The van der Waals surface area contributed by atoms with Crippen LogP contribution in [0.2, 0.25) is 0 Å². The standard InChI is InChI=1S/C28H40O3/c1-4-24(26-10-14-27(29)15-11-26)20-21(2)25-12-16-28(17-13-25)31-22(3)30-19-18-23-8-6-5-7-9-23/h10-17,21-24,29H,4-9,18-20H2,1-3H3. The van der Waals surface area contributed by atoms with E-state index in [0.717, 1.165) is 37.5 Å². The zero-order valence-electron chi connectivity index (χ0n) is 19.6. The molecule has 0 heterocycles. The zero-order valence-corrected chi connectivity index (χ0v) is 19.6. The van der Waals surface area contributed by atoms with Crippen LogP contribution in [0.15, 0.2) is 48.5 Å². The fourth-order valence-corrected chi connectivity index (χ4v) is 4.82. The molecule has 0 bridgehead atoms. The van der Waals surface area contributed by atoms with Crippen LogP contribution in [0, 0.1) is 5.92 Å². The summed E-state index contributed by atoms with van der Waals surface area (Å²) >= 11 is 0. The predicted molar refractivity (Wildman–Crippen MR) is 128 cm³/mol. The quantitative estimate of drug-likeness (QED) is 0.374. The second-order valence-electron chi connectivity index (χ2n) is 9.25. The lowest BCUT2D eigenvalue weighted by Crippen LogP contribution is -2.19. The van der Waals surface area contributed by atoms with E-state index in [0.29, 0.717) is 17.6 Å². The van der Waals surface area contributed by atoms with Gasteiger partial charge in [0.25, 0.3) is 0 Å². The van der Waals surface area contributed by atoms with Gasteiger partial charge in [-0.3, -0.25) is 0 Å². The molecular weight excluding hydrogens is 384 g/mol. The highest BCUT2D eigenvalue weighted by molar-refractivity contribution is 5.31. The topological polar surface area (TPSA) is 38.7 Å². The molecule has 31 heavy (non-hydrogen) atoms. The Labute approximate surface area is 188 Å². The highest BCUT2D eigenvalue weighted by Gasteiger charge is 2.16. The van der Waals surface area contributed by atoms with Crippen molar-refractivity contribution in [1.82, 2.24) is 0 Å². The third kappa shape index (κ3) is 7.57. The molecule has 0 spiro atoms. The fraction of sp³-hybridized carbons (Fsp3) is 0.571. The molecule has 2 aromatic rings. The summed E-state index contributed by atoms with van der Waals surface area (Å²) in [7, 11) is 0. The van der Waals surface area contributed by atoms with E-state index in [-0.39, 0.29) is 6.29 Å². The van der Waals surface area contributed by atoms with E-state index >= 15 is 0 Å². The lowest BCUT2D eigenvalue weighted by molar-refractivity contribution is -0.0711. The van der Waals surface area contributed by atoms with Gasteiger partial charge in [-0.25, -0.2) is 0 Å². The van der Waals surface area contributed by atoms with Crippen LogP contribution in [0.1, 0.15) is 95.1 Å². The zero-order chi connectivity index (χ0) is 22.1. The van der Waals surface area contributed by atoms with Gasteiger partial charge in [0.15, 0.2) is 6.29 Å². The smallest absolute Gasteiger partial charge is 0.196 e. The SMILES string of the molecule is CCC(CC(C)c1ccc(OC(C)OCCC2CCCCC2)cc1)c1ccc(O)cc1. The minimum Gasteiger partial charge on any atom is -0.508 e. The Morgan fingerprint density at radius 1 is 0.903 bits per heavy atom. The van der Waals surface area contributed by atoms with E-state index < -0.39 is 0 Å². The largest absolute Gasteiger partial charge is 0.508 e. The van der Waals surface area contributed by atoms with Gasteiger partial charge >= 0.3 is 0 Å². The minimum absolute atomic E-state index is 0.217. The predicted octanol–water partition coefficient (Wildman–Crippen LogP) is 7.79. The van der Waals surface area contributed by atoms with Gasteiger partial charge in [0, 0.05) is 0 Å². The van der Waals surface area contributed by atoms with E-state index in [4.69, 9.17) is 9.47 Å². The van der Waals surface area contributed by atoms with Crippen molar-refractivity contribution >= 4 is 0 Å². The number of ether oxygens (including phenoxy) is 2. The Kier molecular flexibility index (Phi) is 9.27. The van der Waals surface area contributed by atoms with Gasteiger partial charge in [-0.05, 0) is 79.3 Å². The number of benzene rings is 2. The van der Waals surface area contributed by atoms with Crippen LogP contribution in [-0.2, 0) is 4.74 Å². The molecule has 3 rings (SSSR count). The number of aromatic hydroxyl groups is 1. The summed E-state index contributed by atoms with van der Waals surface area (Å²) in [6.45, 7) is 7.30. The first-order valence-electron chi connectivity index (χ1n) is 12.2. The van der Waals surface area contributed by atoms with Crippen molar-refractivity contribution in [1.29, 1.82) is 0 Å². The molecule has 3 nitrogen and oxygen atoms in total. The van der Waals surface area contributed by atoms with E-state index in [1.54, 1.807) is 12.1 Å². The van der Waals surface area contributed by atoms with Crippen LogP contribution in [0.5, 0.6) is 11.5 Å². The molecule has 1 N–H and O–H groups in total. The molecule has 1 aliphatic carbocycles. The first-order valence-corrected chi connectivity index (χ1v) is 12.2. The molecule has 1 fully saturated rings. The number of phenolic OH excluding ortho intramolecular Hbond substituents is 1. The molecule has 0 radical (unpaired) electrons. The number of phenols is 1. The first-order chi connectivity index (χ1) is 15.0. The number of hydrogen-bond acceptors (Lipinski definition) is 3. The Balaban J connectivity index is 1.45. The second kappa shape index (κ2) is 12.1. The van der Waals surface area contributed by atoms with Gasteiger partial charge in [-0.15, -0.1) is 0 Å². The summed E-state index contributed by atoms with van der Waals surface area (Å²) in [6.07, 6.45) is 10.0. The van der Waals surface area contributed by atoms with Crippen LogP contribution in [-0.4, -0.2) is 18.0 Å². The lowest BCUT2D eigenvalue weighted by Gasteiger charge is -2.23. The van der Waals surface area contributed by atoms with Gasteiger partial charge in [0.2, 0.25) is 0 Å². The molecule has 3 heteroatoms. The van der Waals surface area contributed by atoms with Gasteiger partial charge < -0.3 is 14.6 Å². The number of hydrogen-bond donors (Lipinski definition) is 1. The van der Waals surface area contributed by atoms with E-state index in [2.05, 4.69) is 38.1 Å². The van der Waals surface area contributed by atoms with Gasteiger partial charge in [-0.1, -0.05) is 70.2 Å². The van der Waals surface area contributed by atoms with Crippen molar-refractivity contribution in [3.05, 3.63) is 59.7 Å². The van der Waals surface area contributed by atoms with Gasteiger partial charge in [-0.2, -0.15) is 0 Å². The summed E-state index contributed by atoms with van der Waals surface area (Å²) in [5.74, 6) is 2.98. The number of rotatable bonds is 11. The van der Waals surface area contributed by atoms with Crippen molar-refractivity contribution in [2.24, 2.45) is 5.92 Å². The van der Waals surface area contributed by atoms with E-state index in [1.165, 1.54) is 43.2 Å². The van der Waals surface area contributed by atoms with Crippen molar-refractivity contribution in [2.75, 3.05) is 6.61 Å². The van der Waals surface area contributed by atoms with Crippen molar-refractivity contribution in [3.63, 3.8) is 0 Å². The molecule has 3 unspecified atom stereocenters. The monoisotopic (exact) mass is 424 g/mol. The minimum atomic E-state index is -0.217. The Bertz CT molecular complexity index is 747. The molecule has 1 aliphatic rings. The Morgan fingerprint density at radius 3 is 2.19 bits per heavy atom. The maximum absolute atomic E-state index is 9.55. The van der Waals surface area contributed by atoms with Crippen LogP contribution in [0.25, 0.3) is 0 Å². The molecule has 0 amide bonds. The molecule has 3 atom stereocenters. The van der Waals surface area contributed by atoms with Crippen molar-refractivity contribution in [3.8, 4) is 11.5 Å². The third-order valence-electron chi connectivity index (χ3n) is 6.85. The summed E-state index contributed by atoms with van der Waals surface area (Å²) in [5, 5.41) is 9.55. The third-order valence-corrected chi connectivity index (χ3v) is 6.85.